The van der Waals surface area contributed by atoms with E-state index in [0.717, 1.165) is 29.9 Å². The van der Waals surface area contributed by atoms with E-state index in [1.165, 1.54) is 0 Å². The standard InChI is InChI=1S/C16H19NO3/c1-17(16(18)9-12-4-2-3-5-12)10-13-6-7-14-15(8-13)20-11-19-14/h2,4,6-8,12H,3,5,9-11H2,1H3/t12-/m1/s1. The van der Waals surface area contributed by atoms with Crippen LogP contribution in [0.1, 0.15) is 24.8 Å². The quantitative estimate of drug-likeness (QED) is 0.792. The average molecular weight is 273 g/mol. The summed E-state index contributed by atoms with van der Waals surface area (Å²) in [5, 5.41) is 0. The van der Waals surface area contributed by atoms with Crippen LogP contribution in [0.5, 0.6) is 11.5 Å². The van der Waals surface area contributed by atoms with Crippen molar-refractivity contribution in [1.29, 1.82) is 0 Å². The molecule has 0 unspecified atom stereocenters. The molecule has 4 nitrogen and oxygen atoms in total. The monoisotopic (exact) mass is 273 g/mol. The highest BCUT2D eigenvalue weighted by molar-refractivity contribution is 5.76. The van der Waals surface area contributed by atoms with Crippen LogP contribution >= 0.6 is 0 Å². The highest BCUT2D eigenvalue weighted by Gasteiger charge is 2.18. The van der Waals surface area contributed by atoms with Crippen molar-refractivity contribution in [1.82, 2.24) is 4.90 Å². The van der Waals surface area contributed by atoms with Gasteiger partial charge in [-0.05, 0) is 36.5 Å². The van der Waals surface area contributed by atoms with Crippen LogP contribution in [0.15, 0.2) is 30.4 Å². The fourth-order valence-corrected chi connectivity index (χ4v) is 2.65. The summed E-state index contributed by atoms with van der Waals surface area (Å²) in [6, 6.07) is 5.82. The Morgan fingerprint density at radius 3 is 3.00 bits per heavy atom. The van der Waals surface area contributed by atoms with Crippen LogP contribution in [0.4, 0.5) is 0 Å². The van der Waals surface area contributed by atoms with Gasteiger partial charge in [-0.3, -0.25) is 4.79 Å². The van der Waals surface area contributed by atoms with E-state index < -0.39 is 0 Å². The lowest BCUT2D eigenvalue weighted by Gasteiger charge is -2.19. The van der Waals surface area contributed by atoms with Crippen molar-refractivity contribution in [3.8, 4) is 11.5 Å². The summed E-state index contributed by atoms with van der Waals surface area (Å²) < 4.78 is 10.6. The molecule has 0 aromatic heterocycles. The third-order valence-electron chi connectivity index (χ3n) is 3.83. The van der Waals surface area contributed by atoms with Gasteiger partial charge in [-0.1, -0.05) is 18.2 Å². The van der Waals surface area contributed by atoms with Crippen LogP contribution in [0.3, 0.4) is 0 Å². The van der Waals surface area contributed by atoms with E-state index >= 15 is 0 Å². The van der Waals surface area contributed by atoms with Crippen LogP contribution in [0.2, 0.25) is 0 Å². The molecular formula is C16H19NO3. The number of amides is 1. The van der Waals surface area contributed by atoms with Gasteiger partial charge in [0, 0.05) is 20.0 Å². The third kappa shape index (κ3) is 2.79. The minimum Gasteiger partial charge on any atom is -0.454 e. The number of allylic oxidation sites excluding steroid dienone is 2. The molecule has 0 radical (unpaired) electrons. The largest absolute Gasteiger partial charge is 0.454 e. The fraction of sp³-hybridized carbons (Fsp3) is 0.438. The molecule has 106 valence electrons. The van der Waals surface area contributed by atoms with Crippen molar-refractivity contribution < 1.29 is 14.3 Å². The summed E-state index contributed by atoms with van der Waals surface area (Å²) in [5.41, 5.74) is 1.06. The minimum atomic E-state index is 0.194. The SMILES string of the molecule is CN(Cc1ccc2c(c1)OCO2)C(=O)C[C@@H]1C=CCC1. The number of rotatable bonds is 4. The Bertz CT molecular complexity index is 539. The van der Waals surface area contributed by atoms with Gasteiger partial charge in [0.15, 0.2) is 11.5 Å². The molecule has 1 aliphatic carbocycles. The van der Waals surface area contributed by atoms with Crippen LogP contribution in [0, 0.1) is 5.92 Å². The molecule has 1 atom stereocenters. The fourth-order valence-electron chi connectivity index (χ4n) is 2.65. The number of fused-ring (bicyclic) bond motifs is 1. The van der Waals surface area contributed by atoms with Crippen molar-refractivity contribution in [2.75, 3.05) is 13.8 Å². The normalized spacial score (nSPS) is 19.4. The molecular weight excluding hydrogens is 254 g/mol. The molecule has 1 amide bonds. The zero-order valence-electron chi connectivity index (χ0n) is 11.7. The van der Waals surface area contributed by atoms with Gasteiger partial charge in [0.25, 0.3) is 0 Å². The number of hydrogen-bond acceptors (Lipinski definition) is 3. The van der Waals surface area contributed by atoms with Gasteiger partial charge >= 0.3 is 0 Å². The average Bonchev–Trinajstić information content (AvgIpc) is 3.08. The van der Waals surface area contributed by atoms with Crippen LogP contribution in [-0.4, -0.2) is 24.6 Å². The van der Waals surface area contributed by atoms with Crippen LogP contribution in [-0.2, 0) is 11.3 Å². The molecule has 1 aromatic carbocycles. The molecule has 0 N–H and O–H groups in total. The Morgan fingerprint density at radius 1 is 1.35 bits per heavy atom. The predicted molar refractivity (Wildman–Crippen MR) is 75.5 cm³/mol. The Labute approximate surface area is 119 Å². The molecule has 0 bridgehead atoms. The first-order chi connectivity index (χ1) is 9.72. The van der Waals surface area contributed by atoms with Gasteiger partial charge in [0.1, 0.15) is 0 Å². The van der Waals surface area contributed by atoms with E-state index in [9.17, 15) is 4.79 Å². The van der Waals surface area contributed by atoms with E-state index in [0.29, 0.717) is 18.9 Å². The summed E-state index contributed by atoms with van der Waals surface area (Å²) in [6.45, 7) is 0.882. The zero-order valence-corrected chi connectivity index (χ0v) is 11.7. The molecule has 20 heavy (non-hydrogen) atoms. The Morgan fingerprint density at radius 2 is 2.20 bits per heavy atom. The molecule has 1 aromatic rings. The molecule has 0 fully saturated rings. The number of hydrogen-bond donors (Lipinski definition) is 0. The number of ether oxygens (including phenoxy) is 2. The second kappa shape index (κ2) is 5.57. The maximum atomic E-state index is 12.2. The molecule has 0 saturated heterocycles. The minimum absolute atomic E-state index is 0.194. The van der Waals surface area contributed by atoms with Crippen molar-refractivity contribution in [3.63, 3.8) is 0 Å². The van der Waals surface area contributed by atoms with Gasteiger partial charge in [0.05, 0.1) is 0 Å². The van der Waals surface area contributed by atoms with Gasteiger partial charge in [-0.2, -0.15) is 0 Å². The van der Waals surface area contributed by atoms with E-state index in [2.05, 4.69) is 12.2 Å². The number of benzene rings is 1. The van der Waals surface area contributed by atoms with Gasteiger partial charge in [-0.25, -0.2) is 0 Å². The van der Waals surface area contributed by atoms with Gasteiger partial charge in [0.2, 0.25) is 12.7 Å². The first-order valence-electron chi connectivity index (χ1n) is 7.01. The Hall–Kier alpha value is -1.97. The number of nitrogens with zero attached hydrogens (tertiary/aromatic N) is 1. The van der Waals surface area contributed by atoms with Gasteiger partial charge < -0.3 is 14.4 Å². The van der Waals surface area contributed by atoms with E-state index in [-0.39, 0.29) is 12.7 Å². The molecule has 3 rings (SSSR count). The van der Waals surface area contributed by atoms with Crippen molar-refractivity contribution >= 4 is 5.91 Å². The highest BCUT2D eigenvalue weighted by Crippen LogP contribution is 2.32. The second-order valence-electron chi connectivity index (χ2n) is 5.41. The Kier molecular flexibility index (Phi) is 3.63. The van der Waals surface area contributed by atoms with Crippen molar-refractivity contribution in [3.05, 3.63) is 35.9 Å². The van der Waals surface area contributed by atoms with Crippen molar-refractivity contribution in [2.45, 2.75) is 25.8 Å². The zero-order chi connectivity index (χ0) is 13.9. The molecule has 0 saturated carbocycles. The van der Waals surface area contributed by atoms with Gasteiger partial charge in [-0.15, -0.1) is 0 Å². The van der Waals surface area contributed by atoms with E-state index in [4.69, 9.17) is 9.47 Å². The lowest BCUT2D eigenvalue weighted by atomic mass is 10.0. The van der Waals surface area contributed by atoms with Crippen LogP contribution in [0.25, 0.3) is 0 Å². The van der Waals surface area contributed by atoms with Crippen molar-refractivity contribution in [2.24, 2.45) is 5.92 Å². The summed E-state index contributed by atoms with van der Waals surface area (Å²) >= 11 is 0. The molecule has 1 heterocycles. The topological polar surface area (TPSA) is 38.8 Å². The van der Waals surface area contributed by atoms with E-state index in [1.54, 1.807) is 4.90 Å². The predicted octanol–water partition coefficient (Wildman–Crippen LogP) is 2.73. The van der Waals surface area contributed by atoms with Crippen LogP contribution < -0.4 is 9.47 Å². The molecule has 2 aliphatic rings. The molecule has 1 aliphatic heterocycles. The summed E-state index contributed by atoms with van der Waals surface area (Å²) in [7, 11) is 1.85. The number of carbonyl (C=O) groups excluding carboxylic acids is 1. The third-order valence-corrected chi connectivity index (χ3v) is 3.83. The maximum absolute atomic E-state index is 12.2. The lowest BCUT2D eigenvalue weighted by Crippen LogP contribution is -2.27. The summed E-state index contributed by atoms with van der Waals surface area (Å²) in [6.07, 6.45) is 7.13. The maximum Gasteiger partial charge on any atom is 0.231 e. The molecule has 0 spiro atoms. The van der Waals surface area contributed by atoms with E-state index in [1.807, 2.05) is 25.2 Å². The first kappa shape index (κ1) is 13.0. The Balaban J connectivity index is 1.59. The summed E-state index contributed by atoms with van der Waals surface area (Å²) in [4.78, 5) is 14.0. The second-order valence-corrected chi connectivity index (χ2v) is 5.41. The lowest BCUT2D eigenvalue weighted by molar-refractivity contribution is -0.131. The summed E-state index contributed by atoms with van der Waals surface area (Å²) in [5.74, 6) is 2.15. The highest BCUT2D eigenvalue weighted by atomic mass is 16.7. The first-order valence-corrected chi connectivity index (χ1v) is 7.01. The smallest absolute Gasteiger partial charge is 0.231 e. The molecule has 4 heteroatoms. The number of carbonyl (C=O) groups is 1.